The second-order valence-corrected chi connectivity index (χ2v) is 19.6. The summed E-state index contributed by atoms with van der Waals surface area (Å²) in [5, 5.41) is 2.57. The average Bonchev–Trinajstić information content (AvgIpc) is 3.35. The van der Waals surface area contributed by atoms with E-state index in [0.717, 1.165) is 49.2 Å². The second kappa shape index (κ2) is 15.3. The van der Waals surface area contributed by atoms with Crippen LogP contribution in [0, 0.1) is 0 Å². The molecule has 5 aliphatic rings. The maximum Gasteiger partial charge on any atom is 0.0564 e. The highest BCUT2D eigenvalue weighted by Gasteiger charge is 2.50. The molecule has 0 radical (unpaired) electrons. The van der Waals surface area contributed by atoms with Gasteiger partial charge in [0.15, 0.2) is 0 Å². The Hall–Kier alpha value is -7.10. The highest BCUT2D eigenvalue weighted by Crippen LogP contribution is 2.61. The molecule has 0 amide bonds. The molecule has 2 heterocycles. The van der Waals surface area contributed by atoms with Crippen LogP contribution in [-0.4, -0.2) is 6.04 Å². The van der Waals surface area contributed by atoms with Crippen molar-refractivity contribution in [1.82, 2.24) is 0 Å². The first-order chi connectivity index (χ1) is 31.7. The Kier molecular flexibility index (Phi) is 9.28. The van der Waals surface area contributed by atoms with Crippen molar-refractivity contribution in [2.45, 2.75) is 76.7 Å². The molecule has 318 valence electrons. The number of allylic oxidation sites excluding steroid dienone is 7. The van der Waals surface area contributed by atoms with Gasteiger partial charge in [-0.3, -0.25) is 0 Å². The first-order valence-corrected chi connectivity index (χ1v) is 23.6. The van der Waals surface area contributed by atoms with Gasteiger partial charge in [0.2, 0.25) is 0 Å². The van der Waals surface area contributed by atoms with E-state index in [2.05, 4.69) is 237 Å². The fourth-order valence-corrected chi connectivity index (χ4v) is 11.7. The molecule has 12 rings (SSSR count). The van der Waals surface area contributed by atoms with Crippen molar-refractivity contribution in [1.29, 1.82) is 0 Å². The third-order valence-corrected chi connectivity index (χ3v) is 15.1. The van der Waals surface area contributed by atoms with E-state index in [0.29, 0.717) is 0 Å². The summed E-state index contributed by atoms with van der Waals surface area (Å²) in [6.07, 6.45) is 15.3. The number of rotatable bonds is 7. The van der Waals surface area contributed by atoms with Crippen LogP contribution in [0.1, 0.15) is 70.9 Å². The Morgan fingerprint density at radius 1 is 0.523 bits per heavy atom. The van der Waals surface area contributed by atoms with Crippen LogP contribution < -0.4 is 14.7 Å². The predicted octanol–water partition coefficient (Wildman–Crippen LogP) is 16.5. The maximum atomic E-state index is 2.74. The van der Waals surface area contributed by atoms with Crippen LogP contribution in [0.25, 0.3) is 21.9 Å². The van der Waals surface area contributed by atoms with Gasteiger partial charge in [-0.25, -0.2) is 0 Å². The van der Waals surface area contributed by atoms with Crippen molar-refractivity contribution in [2.75, 3.05) is 14.7 Å². The summed E-state index contributed by atoms with van der Waals surface area (Å²) in [6.45, 7) is 9.91. The summed E-state index contributed by atoms with van der Waals surface area (Å²) in [5.41, 5.74) is 20.9. The van der Waals surface area contributed by atoms with E-state index < -0.39 is 0 Å². The number of anilines is 6. The monoisotopic (exact) mass is 841 g/mol. The molecule has 0 saturated carbocycles. The molecule has 0 fully saturated rings. The highest BCUT2D eigenvalue weighted by molar-refractivity contribution is 5.90. The molecule has 0 N–H and O–H groups in total. The summed E-state index contributed by atoms with van der Waals surface area (Å²) in [5.74, 6) is 0. The number of hydrogen-bond acceptors (Lipinski definition) is 3. The molecule has 3 nitrogen and oxygen atoms in total. The quantitative estimate of drug-likeness (QED) is 0.158. The van der Waals surface area contributed by atoms with Gasteiger partial charge in [-0.2, -0.15) is 0 Å². The SMILES string of the molecule is CC1(C)C2=CC(N(C3=CC4=C(C=CCC4)CC3)c3ccc4ccccc4c3)CC3=C2N(c2ccc(-c4ccc(N(c5ccccc5)c5ccccc5)cc4)cc21)c1ccccc1C3(C)C. The minimum Gasteiger partial charge on any atom is -0.338 e. The Bertz CT molecular complexity index is 3140. The molecule has 0 spiro atoms. The van der Waals surface area contributed by atoms with Crippen LogP contribution in [0.15, 0.2) is 228 Å². The zero-order valence-corrected chi connectivity index (χ0v) is 37.9. The molecule has 1 unspecified atom stereocenters. The topological polar surface area (TPSA) is 9.72 Å². The maximum absolute atomic E-state index is 2.74. The fraction of sp³-hybridized carbons (Fsp3) is 0.194. The average molecular weight is 842 g/mol. The molecule has 7 aromatic carbocycles. The highest BCUT2D eigenvalue weighted by atomic mass is 15.2. The van der Waals surface area contributed by atoms with Gasteiger partial charge in [0.25, 0.3) is 0 Å². The normalized spacial score (nSPS) is 18.8. The van der Waals surface area contributed by atoms with Crippen molar-refractivity contribution in [3.8, 4) is 11.1 Å². The van der Waals surface area contributed by atoms with Gasteiger partial charge >= 0.3 is 0 Å². The molecule has 1 atom stereocenters. The van der Waals surface area contributed by atoms with E-state index in [1.54, 1.807) is 0 Å². The molecule has 0 aromatic heterocycles. The Labute approximate surface area is 384 Å². The molecule has 65 heavy (non-hydrogen) atoms. The van der Waals surface area contributed by atoms with Gasteiger partial charge in [0.05, 0.1) is 23.1 Å². The molecule has 0 saturated heterocycles. The largest absolute Gasteiger partial charge is 0.338 e. The predicted molar refractivity (Wildman–Crippen MR) is 274 cm³/mol. The molecular formula is C62H55N3. The summed E-state index contributed by atoms with van der Waals surface area (Å²) in [7, 11) is 0. The van der Waals surface area contributed by atoms with Crippen molar-refractivity contribution >= 4 is 44.9 Å². The van der Waals surface area contributed by atoms with Crippen molar-refractivity contribution in [3.05, 3.63) is 239 Å². The van der Waals surface area contributed by atoms with Gasteiger partial charge in [-0.05, 0) is 160 Å². The third-order valence-electron chi connectivity index (χ3n) is 15.1. The summed E-state index contributed by atoms with van der Waals surface area (Å²) >= 11 is 0. The van der Waals surface area contributed by atoms with Crippen LogP contribution in [-0.2, 0) is 10.8 Å². The third kappa shape index (κ3) is 6.46. The summed E-state index contributed by atoms with van der Waals surface area (Å²) in [4.78, 5) is 7.71. The van der Waals surface area contributed by atoms with Crippen LogP contribution >= 0.6 is 0 Å². The number of para-hydroxylation sites is 3. The van der Waals surface area contributed by atoms with Crippen LogP contribution in [0.5, 0.6) is 0 Å². The smallest absolute Gasteiger partial charge is 0.0564 e. The minimum absolute atomic E-state index is 0.137. The summed E-state index contributed by atoms with van der Waals surface area (Å²) < 4.78 is 0. The lowest BCUT2D eigenvalue weighted by Gasteiger charge is -2.54. The number of benzene rings is 7. The zero-order chi connectivity index (χ0) is 43.9. The lowest BCUT2D eigenvalue weighted by atomic mass is 9.61. The van der Waals surface area contributed by atoms with E-state index in [-0.39, 0.29) is 16.9 Å². The molecule has 3 aliphatic carbocycles. The van der Waals surface area contributed by atoms with E-state index >= 15 is 0 Å². The Morgan fingerprint density at radius 2 is 1.17 bits per heavy atom. The molecule has 7 aromatic rings. The van der Waals surface area contributed by atoms with E-state index in [9.17, 15) is 0 Å². The van der Waals surface area contributed by atoms with E-state index in [1.807, 2.05) is 0 Å². The summed E-state index contributed by atoms with van der Waals surface area (Å²) in [6, 6.07) is 63.0. The Balaban J connectivity index is 1.01. The van der Waals surface area contributed by atoms with Gasteiger partial charge in [0, 0.05) is 39.3 Å². The molecule has 0 bridgehead atoms. The molecule has 3 heteroatoms. The van der Waals surface area contributed by atoms with Crippen molar-refractivity contribution in [3.63, 3.8) is 0 Å². The van der Waals surface area contributed by atoms with Crippen molar-refractivity contribution in [2.24, 2.45) is 0 Å². The van der Waals surface area contributed by atoms with Crippen LogP contribution in [0.2, 0.25) is 0 Å². The van der Waals surface area contributed by atoms with Crippen LogP contribution in [0.4, 0.5) is 34.1 Å². The number of fused-ring (bicyclic) bond motifs is 5. The number of hydrogen-bond donors (Lipinski definition) is 0. The molecular weight excluding hydrogens is 787 g/mol. The van der Waals surface area contributed by atoms with E-state index in [1.165, 1.54) is 83.8 Å². The standard InChI is InChI=1S/C62H55N3/c1-61(2)54-25-15-16-26-58(54)65-59-36-31-47(44-27-32-50(33-28-44)63(48-21-7-5-8-22-48)49-23-9-6-10-24-49)39-55(59)62(3,4)57-41-53(40-56(61)60(57)65)64(51-34-29-42-17-11-13-19-45(42)37-51)52-35-30-43-18-12-14-20-46(43)38-52/h5-13,15-19,21-29,31-34,36-39,41,53H,14,20,30,35,40H2,1-4H3. The minimum atomic E-state index is -0.277. The molecule has 2 aliphatic heterocycles. The van der Waals surface area contributed by atoms with Crippen LogP contribution in [0.3, 0.4) is 0 Å². The first-order valence-electron chi connectivity index (χ1n) is 23.6. The van der Waals surface area contributed by atoms with Gasteiger partial charge in [-0.1, -0.05) is 149 Å². The van der Waals surface area contributed by atoms with Gasteiger partial charge in [-0.15, -0.1) is 0 Å². The number of nitrogens with zero attached hydrogens (tertiary/aromatic N) is 3. The van der Waals surface area contributed by atoms with Gasteiger partial charge in [0.1, 0.15) is 0 Å². The lowest BCUT2D eigenvalue weighted by Crippen LogP contribution is -2.47. The second-order valence-electron chi connectivity index (χ2n) is 19.6. The Morgan fingerprint density at radius 3 is 1.94 bits per heavy atom. The lowest BCUT2D eigenvalue weighted by molar-refractivity contribution is 0.510. The fourth-order valence-electron chi connectivity index (χ4n) is 11.7. The zero-order valence-electron chi connectivity index (χ0n) is 37.9. The van der Waals surface area contributed by atoms with E-state index in [4.69, 9.17) is 0 Å². The van der Waals surface area contributed by atoms with Gasteiger partial charge < -0.3 is 14.7 Å². The first kappa shape index (κ1) is 39.5. The van der Waals surface area contributed by atoms with Crippen molar-refractivity contribution < 1.29 is 0 Å².